The first-order valence-corrected chi connectivity index (χ1v) is 5.60. The van der Waals surface area contributed by atoms with E-state index in [0.29, 0.717) is 0 Å². The normalized spacial score (nSPS) is 10.4. The highest BCUT2D eigenvalue weighted by atomic mass is 79.9. The van der Waals surface area contributed by atoms with Crippen LogP contribution in [-0.2, 0) is 6.54 Å². The van der Waals surface area contributed by atoms with Crippen molar-refractivity contribution in [3.63, 3.8) is 0 Å². The highest BCUT2D eigenvalue weighted by molar-refractivity contribution is 9.10. The van der Waals surface area contributed by atoms with Crippen molar-refractivity contribution in [2.24, 2.45) is 0 Å². The summed E-state index contributed by atoms with van der Waals surface area (Å²) in [7, 11) is 0. The zero-order valence-electron chi connectivity index (χ0n) is 8.29. The second-order valence-electron chi connectivity index (χ2n) is 3.09. The molecule has 1 N–H and O–H groups in total. The fraction of sp³-hybridized carbons (Fsp3) is 0.500. The van der Waals surface area contributed by atoms with E-state index in [9.17, 15) is 4.79 Å². The average Bonchev–Trinajstić information content (AvgIpc) is 2.18. The van der Waals surface area contributed by atoms with Gasteiger partial charge in [-0.25, -0.2) is 0 Å². The molecule has 0 aliphatic carbocycles. The SMILES string of the molecule is CCNCCCn1cc(Br)ccc1=O. The fourth-order valence-electron chi connectivity index (χ4n) is 1.23. The molecule has 14 heavy (non-hydrogen) atoms. The van der Waals surface area contributed by atoms with Gasteiger partial charge in [-0.1, -0.05) is 6.92 Å². The van der Waals surface area contributed by atoms with Gasteiger partial charge in [-0.3, -0.25) is 4.79 Å². The lowest BCUT2D eigenvalue weighted by Crippen LogP contribution is -2.22. The number of pyridine rings is 1. The van der Waals surface area contributed by atoms with Crippen LogP contribution in [0, 0.1) is 0 Å². The molecule has 0 aliphatic heterocycles. The topological polar surface area (TPSA) is 34.0 Å². The zero-order valence-corrected chi connectivity index (χ0v) is 9.88. The van der Waals surface area contributed by atoms with Gasteiger partial charge in [0.25, 0.3) is 5.56 Å². The van der Waals surface area contributed by atoms with Gasteiger partial charge in [-0.2, -0.15) is 0 Å². The minimum absolute atomic E-state index is 0.0599. The number of hydrogen-bond acceptors (Lipinski definition) is 2. The first-order chi connectivity index (χ1) is 6.74. The third-order valence-electron chi connectivity index (χ3n) is 1.95. The predicted octanol–water partition coefficient (Wildman–Crippen LogP) is 1.61. The van der Waals surface area contributed by atoms with Crippen molar-refractivity contribution in [3.8, 4) is 0 Å². The van der Waals surface area contributed by atoms with E-state index in [2.05, 4.69) is 28.2 Å². The van der Waals surface area contributed by atoms with Crippen molar-refractivity contribution < 1.29 is 0 Å². The van der Waals surface area contributed by atoms with Crippen molar-refractivity contribution in [1.82, 2.24) is 9.88 Å². The van der Waals surface area contributed by atoms with Gasteiger partial charge in [0.2, 0.25) is 0 Å². The van der Waals surface area contributed by atoms with Crippen LogP contribution in [0.3, 0.4) is 0 Å². The van der Waals surface area contributed by atoms with Crippen molar-refractivity contribution in [2.45, 2.75) is 19.9 Å². The Morgan fingerprint density at radius 1 is 1.50 bits per heavy atom. The molecule has 4 heteroatoms. The molecule has 0 radical (unpaired) electrons. The van der Waals surface area contributed by atoms with Gasteiger partial charge >= 0.3 is 0 Å². The molecule has 0 atom stereocenters. The molecule has 78 valence electrons. The fourth-order valence-corrected chi connectivity index (χ4v) is 1.61. The molecule has 0 saturated carbocycles. The molecule has 3 nitrogen and oxygen atoms in total. The van der Waals surface area contributed by atoms with Gasteiger partial charge < -0.3 is 9.88 Å². The van der Waals surface area contributed by atoms with E-state index < -0.39 is 0 Å². The number of rotatable bonds is 5. The van der Waals surface area contributed by atoms with E-state index in [1.165, 1.54) is 0 Å². The lowest BCUT2D eigenvalue weighted by molar-refractivity contribution is 0.579. The third kappa shape index (κ3) is 3.64. The third-order valence-corrected chi connectivity index (χ3v) is 2.42. The molecular formula is C10H15BrN2O. The van der Waals surface area contributed by atoms with E-state index >= 15 is 0 Å². The van der Waals surface area contributed by atoms with Crippen LogP contribution in [0.1, 0.15) is 13.3 Å². The lowest BCUT2D eigenvalue weighted by atomic mass is 10.4. The van der Waals surface area contributed by atoms with Crippen LogP contribution in [0.2, 0.25) is 0 Å². The Hall–Kier alpha value is -0.610. The Bertz CT molecular complexity index is 335. The number of aryl methyl sites for hydroxylation is 1. The molecule has 0 aliphatic rings. The van der Waals surface area contributed by atoms with E-state index in [1.54, 1.807) is 16.7 Å². The standard InChI is InChI=1S/C10H15BrN2O/c1-2-12-6-3-7-13-8-9(11)4-5-10(13)14/h4-5,8,12H,2-3,6-7H2,1H3. The van der Waals surface area contributed by atoms with E-state index in [0.717, 1.165) is 30.5 Å². The molecule has 0 saturated heterocycles. The Morgan fingerprint density at radius 2 is 2.29 bits per heavy atom. The first kappa shape index (κ1) is 11.5. The van der Waals surface area contributed by atoms with Crippen LogP contribution in [-0.4, -0.2) is 17.7 Å². The molecular weight excluding hydrogens is 244 g/mol. The molecule has 1 aromatic rings. The lowest BCUT2D eigenvalue weighted by Gasteiger charge is -2.05. The first-order valence-electron chi connectivity index (χ1n) is 4.80. The van der Waals surface area contributed by atoms with E-state index in [-0.39, 0.29) is 5.56 Å². The molecule has 0 fully saturated rings. The Balaban J connectivity index is 2.49. The van der Waals surface area contributed by atoms with Crippen LogP contribution >= 0.6 is 15.9 Å². The van der Waals surface area contributed by atoms with Gasteiger partial charge in [0, 0.05) is 23.3 Å². The van der Waals surface area contributed by atoms with Gasteiger partial charge in [0.1, 0.15) is 0 Å². The summed E-state index contributed by atoms with van der Waals surface area (Å²) in [5.74, 6) is 0. The van der Waals surface area contributed by atoms with Crippen molar-refractivity contribution in [1.29, 1.82) is 0 Å². The monoisotopic (exact) mass is 258 g/mol. The minimum Gasteiger partial charge on any atom is -0.317 e. The quantitative estimate of drug-likeness (QED) is 0.815. The number of aromatic nitrogens is 1. The van der Waals surface area contributed by atoms with Gasteiger partial charge in [0.05, 0.1) is 0 Å². The van der Waals surface area contributed by atoms with Gasteiger partial charge in [-0.05, 0) is 41.5 Å². The second-order valence-corrected chi connectivity index (χ2v) is 4.00. The summed E-state index contributed by atoms with van der Waals surface area (Å²) in [6.45, 7) is 4.78. The van der Waals surface area contributed by atoms with Crippen LogP contribution in [0.25, 0.3) is 0 Å². The summed E-state index contributed by atoms with van der Waals surface area (Å²) < 4.78 is 2.67. The Kier molecular flexibility index (Phi) is 4.90. The van der Waals surface area contributed by atoms with E-state index in [1.807, 2.05) is 6.20 Å². The molecule has 1 heterocycles. The molecule has 0 aromatic carbocycles. The summed E-state index contributed by atoms with van der Waals surface area (Å²) in [6.07, 6.45) is 2.80. The average molecular weight is 259 g/mol. The van der Waals surface area contributed by atoms with Crippen LogP contribution < -0.4 is 10.9 Å². The Labute approximate surface area is 92.3 Å². The van der Waals surface area contributed by atoms with Crippen molar-refractivity contribution in [2.75, 3.05) is 13.1 Å². The highest BCUT2D eigenvalue weighted by Crippen LogP contribution is 2.04. The number of nitrogens with zero attached hydrogens (tertiary/aromatic N) is 1. The maximum absolute atomic E-state index is 11.4. The van der Waals surface area contributed by atoms with Crippen molar-refractivity contribution >= 4 is 15.9 Å². The molecule has 0 bridgehead atoms. The van der Waals surface area contributed by atoms with Crippen LogP contribution in [0.5, 0.6) is 0 Å². The molecule has 1 aromatic heterocycles. The molecule has 0 amide bonds. The second kappa shape index (κ2) is 5.98. The smallest absolute Gasteiger partial charge is 0.250 e. The molecule has 0 unspecified atom stereocenters. The summed E-state index contributed by atoms with van der Waals surface area (Å²) in [5.41, 5.74) is 0.0599. The highest BCUT2D eigenvalue weighted by Gasteiger charge is 1.95. The molecule has 0 spiro atoms. The Morgan fingerprint density at radius 3 is 3.00 bits per heavy atom. The molecule has 1 rings (SSSR count). The number of nitrogens with one attached hydrogen (secondary N) is 1. The van der Waals surface area contributed by atoms with Gasteiger partial charge in [-0.15, -0.1) is 0 Å². The largest absolute Gasteiger partial charge is 0.317 e. The van der Waals surface area contributed by atoms with Crippen LogP contribution in [0.15, 0.2) is 27.6 Å². The summed E-state index contributed by atoms with van der Waals surface area (Å²) in [5, 5.41) is 3.23. The summed E-state index contributed by atoms with van der Waals surface area (Å²) in [6, 6.07) is 3.35. The summed E-state index contributed by atoms with van der Waals surface area (Å²) in [4.78, 5) is 11.4. The van der Waals surface area contributed by atoms with Crippen molar-refractivity contribution in [3.05, 3.63) is 33.2 Å². The zero-order chi connectivity index (χ0) is 10.4. The number of hydrogen-bond donors (Lipinski definition) is 1. The van der Waals surface area contributed by atoms with Gasteiger partial charge in [0.15, 0.2) is 0 Å². The summed E-state index contributed by atoms with van der Waals surface area (Å²) >= 11 is 3.34. The van der Waals surface area contributed by atoms with Crippen LogP contribution in [0.4, 0.5) is 0 Å². The minimum atomic E-state index is 0.0599. The predicted molar refractivity (Wildman–Crippen MR) is 61.6 cm³/mol. The maximum Gasteiger partial charge on any atom is 0.250 e. The maximum atomic E-state index is 11.4. The van der Waals surface area contributed by atoms with E-state index in [4.69, 9.17) is 0 Å². The number of halogens is 1.